The van der Waals surface area contributed by atoms with Gasteiger partial charge in [-0.05, 0) is 18.2 Å². The van der Waals surface area contributed by atoms with Crippen molar-refractivity contribution in [1.29, 1.82) is 0 Å². The van der Waals surface area contributed by atoms with Gasteiger partial charge in [-0.1, -0.05) is 6.92 Å². The van der Waals surface area contributed by atoms with Crippen molar-refractivity contribution in [2.75, 3.05) is 7.11 Å². The van der Waals surface area contributed by atoms with E-state index in [4.69, 9.17) is 0 Å². The molecule has 6 nitrogen and oxygen atoms in total. The number of benzene rings is 1. The molecule has 0 N–H and O–H groups in total. The number of nitrogens with zero attached hydrogens (tertiary/aromatic N) is 3. The SMILES string of the molecule is COC(=O)c1ncn(CC(C)C(=O)c2ccc(F)c(F)c2)n1. The van der Waals surface area contributed by atoms with E-state index >= 15 is 0 Å². The van der Waals surface area contributed by atoms with Crippen molar-refractivity contribution in [1.82, 2.24) is 14.8 Å². The van der Waals surface area contributed by atoms with Crippen LogP contribution in [0.5, 0.6) is 0 Å². The van der Waals surface area contributed by atoms with Crippen LogP contribution in [0, 0.1) is 17.6 Å². The molecule has 1 aromatic carbocycles. The Hall–Kier alpha value is -2.64. The topological polar surface area (TPSA) is 74.1 Å². The average Bonchev–Trinajstić information content (AvgIpc) is 2.96. The predicted molar refractivity (Wildman–Crippen MR) is 71.2 cm³/mol. The molecule has 0 fully saturated rings. The van der Waals surface area contributed by atoms with Gasteiger partial charge in [0.25, 0.3) is 5.82 Å². The quantitative estimate of drug-likeness (QED) is 0.622. The summed E-state index contributed by atoms with van der Waals surface area (Å²) in [7, 11) is 1.21. The maximum Gasteiger partial charge on any atom is 0.377 e. The molecule has 0 spiro atoms. The highest BCUT2D eigenvalue weighted by Gasteiger charge is 2.19. The number of hydrogen-bond donors (Lipinski definition) is 0. The molecule has 116 valence electrons. The lowest BCUT2D eigenvalue weighted by atomic mass is 9.99. The summed E-state index contributed by atoms with van der Waals surface area (Å²) in [5.74, 6) is -3.81. The third kappa shape index (κ3) is 3.33. The Labute approximate surface area is 124 Å². The molecule has 1 unspecified atom stereocenters. The molecular formula is C14H13F2N3O3. The highest BCUT2D eigenvalue weighted by Crippen LogP contribution is 2.14. The van der Waals surface area contributed by atoms with Gasteiger partial charge in [-0.25, -0.2) is 18.6 Å². The van der Waals surface area contributed by atoms with E-state index in [2.05, 4.69) is 14.8 Å². The van der Waals surface area contributed by atoms with Crippen LogP contribution < -0.4 is 0 Å². The fourth-order valence-corrected chi connectivity index (χ4v) is 1.86. The number of carbonyl (C=O) groups is 2. The van der Waals surface area contributed by atoms with E-state index < -0.39 is 23.5 Å². The second-order valence-electron chi connectivity index (χ2n) is 4.68. The highest BCUT2D eigenvalue weighted by molar-refractivity contribution is 5.97. The molecule has 0 aliphatic heterocycles. The summed E-state index contributed by atoms with van der Waals surface area (Å²) in [6.07, 6.45) is 1.29. The number of rotatable bonds is 5. The molecule has 1 heterocycles. The van der Waals surface area contributed by atoms with Gasteiger partial charge in [-0.15, -0.1) is 5.10 Å². The van der Waals surface area contributed by atoms with E-state index in [9.17, 15) is 18.4 Å². The first-order valence-corrected chi connectivity index (χ1v) is 6.39. The van der Waals surface area contributed by atoms with E-state index in [1.807, 2.05) is 0 Å². The summed E-state index contributed by atoms with van der Waals surface area (Å²) < 4.78 is 31.8. The van der Waals surface area contributed by atoms with E-state index in [0.29, 0.717) is 0 Å². The Bertz CT molecular complexity index is 715. The molecule has 0 aliphatic rings. The van der Waals surface area contributed by atoms with Crippen LogP contribution in [-0.4, -0.2) is 33.6 Å². The van der Waals surface area contributed by atoms with E-state index in [-0.39, 0.29) is 23.7 Å². The van der Waals surface area contributed by atoms with Crippen LogP contribution in [0.15, 0.2) is 24.5 Å². The average molecular weight is 309 g/mol. The summed E-state index contributed by atoms with van der Waals surface area (Å²) in [6.45, 7) is 1.75. The normalized spacial score (nSPS) is 12.0. The van der Waals surface area contributed by atoms with Gasteiger partial charge in [0.05, 0.1) is 13.7 Å². The van der Waals surface area contributed by atoms with Crippen LogP contribution in [-0.2, 0) is 11.3 Å². The summed E-state index contributed by atoms with van der Waals surface area (Å²) in [4.78, 5) is 27.2. The van der Waals surface area contributed by atoms with E-state index in [1.54, 1.807) is 6.92 Å². The molecular weight excluding hydrogens is 296 g/mol. The first kappa shape index (κ1) is 15.7. The highest BCUT2D eigenvalue weighted by atomic mass is 19.2. The molecule has 0 radical (unpaired) electrons. The van der Waals surface area contributed by atoms with Crippen LogP contribution >= 0.6 is 0 Å². The standard InChI is InChI=1S/C14H13F2N3O3/c1-8(6-19-7-17-13(18-19)14(21)22-2)12(20)9-3-4-10(15)11(16)5-9/h3-5,7-8H,6H2,1-2H3. The summed E-state index contributed by atoms with van der Waals surface area (Å²) in [5.41, 5.74) is 0.0692. The number of halogens is 2. The predicted octanol–water partition coefficient (Wildman–Crippen LogP) is 1.86. The van der Waals surface area contributed by atoms with Gasteiger partial charge in [0, 0.05) is 11.5 Å². The van der Waals surface area contributed by atoms with Gasteiger partial charge in [0.15, 0.2) is 17.4 Å². The zero-order valence-corrected chi connectivity index (χ0v) is 11.9. The van der Waals surface area contributed by atoms with E-state index in [1.165, 1.54) is 24.2 Å². The summed E-state index contributed by atoms with van der Waals surface area (Å²) in [5, 5.41) is 3.87. The first-order chi connectivity index (χ1) is 10.4. The molecule has 1 atom stereocenters. The van der Waals surface area contributed by atoms with Crippen molar-refractivity contribution in [3.8, 4) is 0 Å². The molecule has 0 saturated carbocycles. The van der Waals surface area contributed by atoms with Crippen LogP contribution in [0.3, 0.4) is 0 Å². The minimum atomic E-state index is -1.08. The minimum absolute atomic E-state index is 0.0692. The number of ketones is 1. The summed E-state index contributed by atoms with van der Waals surface area (Å²) in [6, 6.07) is 2.98. The Kier molecular flexibility index (Phi) is 4.59. The molecule has 0 saturated heterocycles. The molecule has 2 rings (SSSR count). The molecule has 1 aromatic heterocycles. The lowest BCUT2D eigenvalue weighted by Gasteiger charge is -2.10. The van der Waals surface area contributed by atoms with Gasteiger partial charge in [-0.3, -0.25) is 9.48 Å². The van der Waals surface area contributed by atoms with Crippen LogP contribution in [0.4, 0.5) is 8.78 Å². The van der Waals surface area contributed by atoms with Crippen molar-refractivity contribution in [2.45, 2.75) is 13.5 Å². The monoisotopic (exact) mass is 309 g/mol. The number of aromatic nitrogens is 3. The third-order valence-electron chi connectivity index (χ3n) is 3.02. The largest absolute Gasteiger partial charge is 0.463 e. The van der Waals surface area contributed by atoms with Gasteiger partial charge in [-0.2, -0.15) is 0 Å². The number of methoxy groups -OCH3 is 1. The van der Waals surface area contributed by atoms with E-state index in [0.717, 1.165) is 12.1 Å². The van der Waals surface area contributed by atoms with Crippen molar-refractivity contribution >= 4 is 11.8 Å². The Morgan fingerprint density at radius 2 is 2.05 bits per heavy atom. The Morgan fingerprint density at radius 1 is 1.32 bits per heavy atom. The second kappa shape index (κ2) is 6.42. The first-order valence-electron chi connectivity index (χ1n) is 6.39. The van der Waals surface area contributed by atoms with Crippen molar-refractivity contribution in [3.05, 3.63) is 47.5 Å². The molecule has 0 amide bonds. The van der Waals surface area contributed by atoms with Gasteiger partial charge in [0.2, 0.25) is 0 Å². The smallest absolute Gasteiger partial charge is 0.377 e. The van der Waals surface area contributed by atoms with Crippen molar-refractivity contribution < 1.29 is 23.1 Å². The van der Waals surface area contributed by atoms with Crippen molar-refractivity contribution in [3.63, 3.8) is 0 Å². The molecule has 0 aliphatic carbocycles. The third-order valence-corrected chi connectivity index (χ3v) is 3.02. The molecule has 8 heteroatoms. The lowest BCUT2D eigenvalue weighted by Crippen LogP contribution is -2.19. The summed E-state index contributed by atoms with van der Waals surface area (Å²) >= 11 is 0. The van der Waals surface area contributed by atoms with Gasteiger partial charge >= 0.3 is 5.97 Å². The van der Waals surface area contributed by atoms with Gasteiger partial charge in [0.1, 0.15) is 6.33 Å². The lowest BCUT2D eigenvalue weighted by molar-refractivity contribution is 0.0586. The molecule has 2 aromatic rings. The Balaban J connectivity index is 2.09. The Morgan fingerprint density at radius 3 is 2.68 bits per heavy atom. The van der Waals surface area contributed by atoms with Crippen LogP contribution in [0.1, 0.15) is 27.9 Å². The van der Waals surface area contributed by atoms with Gasteiger partial charge < -0.3 is 4.74 Å². The van der Waals surface area contributed by atoms with Crippen LogP contribution in [0.2, 0.25) is 0 Å². The number of ether oxygens (including phenoxy) is 1. The minimum Gasteiger partial charge on any atom is -0.463 e. The molecule has 0 bridgehead atoms. The maximum absolute atomic E-state index is 13.2. The number of hydrogen-bond acceptors (Lipinski definition) is 5. The fourth-order valence-electron chi connectivity index (χ4n) is 1.86. The number of Topliss-reactive ketones (excluding diaryl/α,β-unsaturated/α-hetero) is 1. The molecule has 22 heavy (non-hydrogen) atoms. The fraction of sp³-hybridized carbons (Fsp3) is 0.286. The second-order valence-corrected chi connectivity index (χ2v) is 4.68. The maximum atomic E-state index is 13.2. The number of esters is 1. The van der Waals surface area contributed by atoms with Crippen LogP contribution in [0.25, 0.3) is 0 Å². The number of carbonyl (C=O) groups excluding carboxylic acids is 2. The zero-order valence-electron chi connectivity index (χ0n) is 11.9. The van der Waals surface area contributed by atoms with Crippen molar-refractivity contribution in [2.24, 2.45) is 5.92 Å². The zero-order chi connectivity index (χ0) is 16.3.